The lowest BCUT2D eigenvalue weighted by Crippen LogP contribution is -2.38. The zero-order chi connectivity index (χ0) is 16.5. The van der Waals surface area contributed by atoms with E-state index in [0.29, 0.717) is 25.4 Å². The molecule has 0 bridgehead atoms. The molecule has 0 radical (unpaired) electrons. The van der Waals surface area contributed by atoms with E-state index in [1.807, 2.05) is 4.90 Å². The Morgan fingerprint density at radius 1 is 1.04 bits per heavy atom. The van der Waals surface area contributed by atoms with Crippen LogP contribution in [-0.2, 0) is 11.2 Å². The number of halogens is 1. The van der Waals surface area contributed by atoms with Gasteiger partial charge >= 0.3 is 0 Å². The standard InChI is InChI=1S/C18H20FN3O2/c19-15-5-1-12(2-6-15)11-16(23)22-9-7-14(8-10-22)18-21-20-17(24-18)13-3-4-13/h1-2,5-6,13-14H,3-4,7-11H2. The van der Waals surface area contributed by atoms with Gasteiger partial charge in [-0.2, -0.15) is 0 Å². The summed E-state index contributed by atoms with van der Waals surface area (Å²) in [5.41, 5.74) is 0.842. The van der Waals surface area contributed by atoms with Gasteiger partial charge in [-0.3, -0.25) is 4.79 Å². The smallest absolute Gasteiger partial charge is 0.226 e. The summed E-state index contributed by atoms with van der Waals surface area (Å²) < 4.78 is 18.7. The molecule has 2 fully saturated rings. The molecule has 2 aromatic rings. The highest BCUT2D eigenvalue weighted by Gasteiger charge is 2.32. The predicted octanol–water partition coefficient (Wildman–Crippen LogP) is 3.03. The van der Waals surface area contributed by atoms with Crippen LogP contribution in [0.25, 0.3) is 0 Å². The van der Waals surface area contributed by atoms with E-state index < -0.39 is 0 Å². The lowest BCUT2D eigenvalue weighted by atomic mass is 9.96. The highest BCUT2D eigenvalue weighted by atomic mass is 19.1. The molecule has 4 rings (SSSR count). The Morgan fingerprint density at radius 2 is 1.62 bits per heavy atom. The highest BCUT2D eigenvalue weighted by Crippen LogP contribution is 2.40. The summed E-state index contributed by atoms with van der Waals surface area (Å²) in [4.78, 5) is 14.3. The van der Waals surface area contributed by atoms with Gasteiger partial charge in [0.25, 0.3) is 0 Å². The van der Waals surface area contributed by atoms with Crippen molar-refractivity contribution in [2.45, 2.75) is 43.9 Å². The molecule has 1 aromatic carbocycles. The minimum Gasteiger partial charge on any atom is -0.425 e. The minimum absolute atomic E-state index is 0.0873. The van der Waals surface area contributed by atoms with Crippen LogP contribution in [0, 0.1) is 5.82 Å². The number of hydrogen-bond acceptors (Lipinski definition) is 4. The molecule has 1 saturated heterocycles. The molecule has 1 aromatic heterocycles. The van der Waals surface area contributed by atoms with Gasteiger partial charge in [0.1, 0.15) is 5.82 Å². The van der Waals surface area contributed by atoms with E-state index >= 15 is 0 Å². The number of hydrogen-bond donors (Lipinski definition) is 0. The second-order valence-electron chi connectivity index (χ2n) is 6.71. The average Bonchev–Trinajstić information content (AvgIpc) is 3.34. The lowest BCUT2D eigenvalue weighted by Gasteiger charge is -2.30. The molecule has 2 aliphatic rings. The molecule has 1 amide bonds. The Kier molecular flexibility index (Phi) is 4.04. The van der Waals surface area contributed by atoms with Crippen LogP contribution < -0.4 is 0 Å². The number of piperidine rings is 1. The van der Waals surface area contributed by atoms with Crippen molar-refractivity contribution >= 4 is 5.91 Å². The highest BCUT2D eigenvalue weighted by molar-refractivity contribution is 5.78. The van der Waals surface area contributed by atoms with Crippen LogP contribution in [0.5, 0.6) is 0 Å². The van der Waals surface area contributed by atoms with Gasteiger partial charge in [0.2, 0.25) is 17.7 Å². The zero-order valence-corrected chi connectivity index (χ0v) is 13.4. The molecule has 24 heavy (non-hydrogen) atoms. The first-order valence-electron chi connectivity index (χ1n) is 8.54. The van der Waals surface area contributed by atoms with Gasteiger partial charge in [0, 0.05) is 24.9 Å². The van der Waals surface area contributed by atoms with Crippen LogP contribution in [0.1, 0.15) is 54.9 Å². The molecule has 0 unspecified atom stereocenters. The monoisotopic (exact) mass is 329 g/mol. The van der Waals surface area contributed by atoms with Crippen LogP contribution in [0.15, 0.2) is 28.7 Å². The molecule has 126 valence electrons. The Bertz CT molecular complexity index is 716. The van der Waals surface area contributed by atoms with E-state index in [1.165, 1.54) is 12.1 Å². The number of rotatable bonds is 4. The van der Waals surface area contributed by atoms with Crippen molar-refractivity contribution in [3.05, 3.63) is 47.4 Å². The first-order valence-corrected chi connectivity index (χ1v) is 8.54. The lowest BCUT2D eigenvalue weighted by molar-refractivity contribution is -0.131. The predicted molar refractivity (Wildman–Crippen MR) is 84.9 cm³/mol. The maximum absolute atomic E-state index is 12.9. The average molecular weight is 329 g/mol. The third kappa shape index (κ3) is 3.32. The van der Waals surface area contributed by atoms with E-state index in [0.717, 1.165) is 43.0 Å². The van der Waals surface area contributed by atoms with Gasteiger partial charge in [-0.05, 0) is 43.4 Å². The third-order valence-corrected chi connectivity index (χ3v) is 4.85. The van der Waals surface area contributed by atoms with Gasteiger partial charge in [-0.1, -0.05) is 12.1 Å². The summed E-state index contributed by atoms with van der Waals surface area (Å²) in [5, 5.41) is 8.33. The number of aromatic nitrogens is 2. The summed E-state index contributed by atoms with van der Waals surface area (Å²) in [6.07, 6.45) is 4.32. The molecule has 1 aliphatic carbocycles. The van der Waals surface area contributed by atoms with E-state index in [-0.39, 0.29) is 17.6 Å². The quantitative estimate of drug-likeness (QED) is 0.865. The first-order chi connectivity index (χ1) is 11.7. The zero-order valence-electron chi connectivity index (χ0n) is 13.4. The third-order valence-electron chi connectivity index (χ3n) is 4.85. The fourth-order valence-electron chi connectivity index (χ4n) is 3.17. The van der Waals surface area contributed by atoms with Crippen LogP contribution in [-0.4, -0.2) is 34.1 Å². The molecular weight excluding hydrogens is 309 g/mol. The van der Waals surface area contributed by atoms with E-state index in [2.05, 4.69) is 10.2 Å². The Labute approximate surface area is 139 Å². The summed E-state index contributed by atoms with van der Waals surface area (Å²) in [6, 6.07) is 6.11. The van der Waals surface area contributed by atoms with Gasteiger partial charge in [0.15, 0.2) is 0 Å². The number of likely N-dealkylation sites (tertiary alicyclic amines) is 1. The molecule has 6 heteroatoms. The second kappa shape index (κ2) is 6.34. The van der Waals surface area contributed by atoms with Crippen LogP contribution in [0.4, 0.5) is 4.39 Å². The topological polar surface area (TPSA) is 59.2 Å². The summed E-state index contributed by atoms with van der Waals surface area (Å²) in [5.74, 6) is 2.03. The van der Waals surface area contributed by atoms with E-state index in [1.54, 1.807) is 12.1 Å². The van der Waals surface area contributed by atoms with Crippen LogP contribution in [0.2, 0.25) is 0 Å². The number of carbonyl (C=O) groups is 1. The molecular formula is C18H20FN3O2. The van der Waals surface area contributed by atoms with Crippen molar-refractivity contribution < 1.29 is 13.6 Å². The van der Waals surface area contributed by atoms with Gasteiger partial charge in [-0.15, -0.1) is 10.2 Å². The minimum atomic E-state index is -0.280. The fourth-order valence-corrected chi connectivity index (χ4v) is 3.17. The van der Waals surface area contributed by atoms with Gasteiger partial charge in [0.05, 0.1) is 6.42 Å². The summed E-state index contributed by atoms with van der Waals surface area (Å²) >= 11 is 0. The van der Waals surface area contributed by atoms with Crippen molar-refractivity contribution in [2.24, 2.45) is 0 Å². The SMILES string of the molecule is O=C(Cc1ccc(F)cc1)N1CCC(c2nnc(C3CC3)o2)CC1. The maximum Gasteiger partial charge on any atom is 0.226 e. The Hall–Kier alpha value is -2.24. The van der Waals surface area contributed by atoms with Crippen LogP contribution in [0.3, 0.4) is 0 Å². The molecule has 0 spiro atoms. The molecule has 2 heterocycles. The second-order valence-corrected chi connectivity index (χ2v) is 6.71. The fraction of sp³-hybridized carbons (Fsp3) is 0.500. The van der Waals surface area contributed by atoms with Crippen LogP contribution >= 0.6 is 0 Å². The largest absolute Gasteiger partial charge is 0.425 e. The first kappa shape index (κ1) is 15.3. The maximum atomic E-state index is 12.9. The normalized spacial score (nSPS) is 18.8. The van der Waals surface area contributed by atoms with Crippen molar-refractivity contribution in [3.63, 3.8) is 0 Å². The summed E-state index contributed by atoms with van der Waals surface area (Å²) in [7, 11) is 0. The van der Waals surface area contributed by atoms with E-state index in [4.69, 9.17) is 4.42 Å². The molecule has 0 N–H and O–H groups in total. The van der Waals surface area contributed by atoms with Crippen molar-refractivity contribution in [2.75, 3.05) is 13.1 Å². The Morgan fingerprint density at radius 3 is 2.21 bits per heavy atom. The van der Waals surface area contributed by atoms with Gasteiger partial charge in [-0.25, -0.2) is 4.39 Å². The molecule has 0 atom stereocenters. The van der Waals surface area contributed by atoms with E-state index in [9.17, 15) is 9.18 Å². The van der Waals surface area contributed by atoms with Crippen molar-refractivity contribution in [1.82, 2.24) is 15.1 Å². The number of benzene rings is 1. The number of carbonyl (C=O) groups excluding carboxylic acids is 1. The molecule has 1 aliphatic heterocycles. The molecule has 5 nitrogen and oxygen atoms in total. The molecule has 1 saturated carbocycles. The number of nitrogens with zero attached hydrogens (tertiary/aromatic N) is 3. The van der Waals surface area contributed by atoms with Gasteiger partial charge < -0.3 is 9.32 Å². The summed E-state index contributed by atoms with van der Waals surface area (Å²) in [6.45, 7) is 1.40. The number of amides is 1. The van der Waals surface area contributed by atoms with Crippen molar-refractivity contribution in [1.29, 1.82) is 0 Å². The Balaban J connectivity index is 1.31. The van der Waals surface area contributed by atoms with Crippen molar-refractivity contribution in [3.8, 4) is 0 Å².